The zero-order chi connectivity index (χ0) is 12.9. The van der Waals surface area contributed by atoms with Crippen LogP contribution in [0.3, 0.4) is 0 Å². The van der Waals surface area contributed by atoms with Crippen LogP contribution >= 0.6 is 0 Å². The fourth-order valence-electron chi connectivity index (χ4n) is 1.11. The van der Waals surface area contributed by atoms with Crippen molar-refractivity contribution in [1.82, 2.24) is 4.72 Å². The van der Waals surface area contributed by atoms with E-state index >= 15 is 0 Å². The lowest BCUT2D eigenvalue weighted by Crippen LogP contribution is -2.36. The molecular formula is C10H16N4O2S. The first-order valence-corrected chi connectivity index (χ1v) is 6.62. The number of rotatable bonds is 4. The molecule has 0 aliphatic heterocycles. The Morgan fingerprint density at radius 1 is 1.35 bits per heavy atom. The molecule has 17 heavy (non-hydrogen) atoms. The molecule has 1 aromatic rings. The minimum Gasteiger partial charge on any atom is -0.399 e. The lowest BCUT2D eigenvalue weighted by molar-refractivity contribution is 0.592. The molecule has 0 atom stereocenters. The van der Waals surface area contributed by atoms with E-state index in [-0.39, 0.29) is 10.9 Å². The van der Waals surface area contributed by atoms with Crippen molar-refractivity contribution in [1.29, 1.82) is 0 Å². The second kappa shape index (κ2) is 5.53. The molecule has 0 amide bonds. The topological polar surface area (TPSA) is 111 Å². The number of anilines is 1. The van der Waals surface area contributed by atoms with Crippen LogP contribution in [0.25, 0.3) is 0 Å². The summed E-state index contributed by atoms with van der Waals surface area (Å²) in [5.74, 6) is -0.108. The summed E-state index contributed by atoms with van der Waals surface area (Å²) in [5.41, 5.74) is 11.4. The maximum atomic E-state index is 11.8. The summed E-state index contributed by atoms with van der Waals surface area (Å²) in [4.78, 5) is 3.95. The fraction of sp³-hybridized carbons (Fsp3) is 0.300. The molecule has 0 saturated heterocycles. The summed E-state index contributed by atoms with van der Waals surface area (Å²) in [6.07, 6.45) is 0.796. The highest BCUT2D eigenvalue weighted by Crippen LogP contribution is 2.10. The highest BCUT2D eigenvalue weighted by molar-refractivity contribution is 7.90. The minimum atomic E-state index is -3.67. The first-order valence-electron chi connectivity index (χ1n) is 5.14. The quantitative estimate of drug-likeness (QED) is 0.408. The van der Waals surface area contributed by atoms with Gasteiger partial charge in [-0.1, -0.05) is 6.92 Å². The number of benzene rings is 1. The Bertz CT molecular complexity index is 494. The SMILES string of the molecule is CCCN=C(N)NS(=O)(=O)c1ccc(N)cc1. The van der Waals surface area contributed by atoms with E-state index in [1.54, 1.807) is 0 Å². The number of aliphatic imine (C=N–C) groups is 1. The Hall–Kier alpha value is -1.76. The van der Waals surface area contributed by atoms with Crippen LogP contribution < -0.4 is 16.2 Å². The number of nitrogens with two attached hydrogens (primary N) is 2. The van der Waals surface area contributed by atoms with E-state index in [0.29, 0.717) is 12.2 Å². The maximum Gasteiger partial charge on any atom is 0.264 e. The largest absolute Gasteiger partial charge is 0.399 e. The second-order valence-corrected chi connectivity index (χ2v) is 5.12. The molecule has 0 bridgehead atoms. The molecule has 0 spiro atoms. The minimum absolute atomic E-state index is 0.0985. The van der Waals surface area contributed by atoms with Gasteiger partial charge in [0.15, 0.2) is 0 Å². The third-order valence-corrected chi connectivity index (χ3v) is 3.31. The molecule has 5 N–H and O–H groups in total. The van der Waals surface area contributed by atoms with Crippen LogP contribution in [0.1, 0.15) is 13.3 Å². The molecular weight excluding hydrogens is 240 g/mol. The molecule has 0 aliphatic carbocycles. The summed E-state index contributed by atoms with van der Waals surface area (Å²) in [6.45, 7) is 2.40. The molecule has 7 heteroatoms. The van der Waals surface area contributed by atoms with Gasteiger partial charge in [0.1, 0.15) is 0 Å². The summed E-state index contributed by atoms with van der Waals surface area (Å²) in [5, 5.41) is 0. The van der Waals surface area contributed by atoms with E-state index in [4.69, 9.17) is 11.5 Å². The Kier molecular flexibility index (Phi) is 4.33. The summed E-state index contributed by atoms with van der Waals surface area (Å²) in [7, 11) is -3.67. The predicted molar refractivity (Wildman–Crippen MR) is 68.0 cm³/mol. The number of nitrogen functional groups attached to an aromatic ring is 1. The van der Waals surface area contributed by atoms with Crippen LogP contribution in [0.2, 0.25) is 0 Å². The Morgan fingerprint density at radius 2 is 1.94 bits per heavy atom. The van der Waals surface area contributed by atoms with Crippen LogP contribution in [-0.2, 0) is 10.0 Å². The molecule has 0 saturated carbocycles. The van der Waals surface area contributed by atoms with Crippen LogP contribution in [0.4, 0.5) is 5.69 Å². The summed E-state index contributed by atoms with van der Waals surface area (Å²) in [6, 6.07) is 5.83. The second-order valence-electron chi connectivity index (χ2n) is 3.44. The van der Waals surface area contributed by atoms with Crippen molar-refractivity contribution in [3.05, 3.63) is 24.3 Å². The van der Waals surface area contributed by atoms with Crippen LogP contribution in [0.15, 0.2) is 34.2 Å². The normalized spacial score (nSPS) is 12.4. The average Bonchev–Trinajstić information content (AvgIpc) is 2.26. The molecule has 0 heterocycles. The zero-order valence-electron chi connectivity index (χ0n) is 9.55. The van der Waals surface area contributed by atoms with Gasteiger partial charge in [0.25, 0.3) is 10.0 Å². The molecule has 0 aliphatic rings. The van der Waals surface area contributed by atoms with Gasteiger partial charge in [0.2, 0.25) is 5.96 Å². The first-order chi connectivity index (χ1) is 7.95. The number of guanidine groups is 1. The third kappa shape index (κ3) is 3.95. The van der Waals surface area contributed by atoms with E-state index < -0.39 is 10.0 Å². The predicted octanol–water partition coefficient (Wildman–Crippen LogP) is 0.272. The summed E-state index contributed by atoms with van der Waals surface area (Å²) >= 11 is 0. The number of hydrogen-bond acceptors (Lipinski definition) is 4. The number of nitrogens with one attached hydrogen (secondary N) is 1. The maximum absolute atomic E-state index is 11.8. The van der Waals surface area contributed by atoms with Crippen molar-refractivity contribution in [2.45, 2.75) is 18.2 Å². The Morgan fingerprint density at radius 3 is 2.47 bits per heavy atom. The van der Waals surface area contributed by atoms with E-state index in [1.807, 2.05) is 6.92 Å². The molecule has 94 valence electrons. The van der Waals surface area contributed by atoms with Gasteiger partial charge in [-0.2, -0.15) is 0 Å². The number of nitrogens with zero attached hydrogens (tertiary/aromatic N) is 1. The highest BCUT2D eigenvalue weighted by atomic mass is 32.2. The van der Waals surface area contributed by atoms with Gasteiger partial charge in [-0.05, 0) is 30.7 Å². The van der Waals surface area contributed by atoms with Crippen molar-refractivity contribution in [2.75, 3.05) is 12.3 Å². The van der Waals surface area contributed by atoms with Crippen molar-refractivity contribution >= 4 is 21.7 Å². The van der Waals surface area contributed by atoms with Crippen LogP contribution in [-0.4, -0.2) is 20.9 Å². The van der Waals surface area contributed by atoms with Crippen molar-refractivity contribution in [3.8, 4) is 0 Å². The lowest BCUT2D eigenvalue weighted by atomic mass is 10.3. The van der Waals surface area contributed by atoms with E-state index in [1.165, 1.54) is 24.3 Å². The number of sulfonamides is 1. The van der Waals surface area contributed by atoms with Crippen molar-refractivity contribution in [3.63, 3.8) is 0 Å². The van der Waals surface area contributed by atoms with Gasteiger partial charge < -0.3 is 11.5 Å². The third-order valence-electron chi connectivity index (χ3n) is 1.94. The average molecular weight is 256 g/mol. The lowest BCUT2D eigenvalue weighted by Gasteiger charge is -2.07. The Balaban J connectivity index is 2.86. The van der Waals surface area contributed by atoms with E-state index in [2.05, 4.69) is 9.71 Å². The van der Waals surface area contributed by atoms with Gasteiger partial charge in [-0.15, -0.1) is 0 Å². The molecule has 1 aromatic carbocycles. The van der Waals surface area contributed by atoms with Gasteiger partial charge in [0.05, 0.1) is 4.90 Å². The van der Waals surface area contributed by atoms with Crippen LogP contribution in [0.5, 0.6) is 0 Å². The zero-order valence-corrected chi connectivity index (χ0v) is 10.4. The van der Waals surface area contributed by atoms with Gasteiger partial charge in [-0.3, -0.25) is 4.99 Å². The van der Waals surface area contributed by atoms with Crippen LogP contribution in [0, 0.1) is 0 Å². The summed E-state index contributed by atoms with van der Waals surface area (Å²) < 4.78 is 25.8. The molecule has 0 unspecified atom stereocenters. The smallest absolute Gasteiger partial charge is 0.264 e. The van der Waals surface area contributed by atoms with Gasteiger partial charge in [0, 0.05) is 12.2 Å². The number of hydrogen-bond donors (Lipinski definition) is 3. The molecule has 0 aromatic heterocycles. The Labute approximate surface area is 101 Å². The van der Waals surface area contributed by atoms with Gasteiger partial charge in [-0.25, -0.2) is 13.1 Å². The highest BCUT2D eigenvalue weighted by Gasteiger charge is 2.14. The van der Waals surface area contributed by atoms with Crippen molar-refractivity contribution < 1.29 is 8.42 Å². The van der Waals surface area contributed by atoms with E-state index in [9.17, 15) is 8.42 Å². The molecule has 0 radical (unpaired) electrons. The van der Waals surface area contributed by atoms with Crippen molar-refractivity contribution in [2.24, 2.45) is 10.7 Å². The molecule has 1 rings (SSSR count). The molecule has 6 nitrogen and oxygen atoms in total. The molecule has 0 fully saturated rings. The first kappa shape index (κ1) is 13.3. The monoisotopic (exact) mass is 256 g/mol. The standard InChI is InChI=1S/C10H16N4O2S/c1-2-7-13-10(12)14-17(15,16)9-5-3-8(11)4-6-9/h3-6H,2,7,11H2,1H3,(H3,12,13,14). The fourth-order valence-corrected chi connectivity index (χ4v) is 2.06. The van der Waals surface area contributed by atoms with Gasteiger partial charge >= 0.3 is 0 Å². The van der Waals surface area contributed by atoms with E-state index in [0.717, 1.165) is 6.42 Å².